The number of aromatic nitrogens is 3. The van der Waals surface area contributed by atoms with Gasteiger partial charge >= 0.3 is 5.97 Å². The standard InChI is InChI=1S/C16H14Cl2O4.C8H14N4OS/c1-10(16(19)20-2)21-12-4-6-13(7-5-12)22-15-8-3-11(17)9-14(15)18;1-8(2,3)5-6(13)12(9)7(14-4)11-10-5/h3-10H,1-2H3;9H2,1-4H3. The number of nitrogens with two attached hydrogens (primary N) is 1. The molecule has 0 saturated carbocycles. The van der Waals surface area contributed by atoms with Gasteiger partial charge in [-0.25, -0.2) is 4.79 Å². The van der Waals surface area contributed by atoms with Gasteiger partial charge in [0.1, 0.15) is 22.9 Å². The quantitative estimate of drug-likeness (QED) is 0.252. The van der Waals surface area contributed by atoms with E-state index in [2.05, 4.69) is 14.9 Å². The van der Waals surface area contributed by atoms with Gasteiger partial charge in [0.2, 0.25) is 5.16 Å². The van der Waals surface area contributed by atoms with Gasteiger partial charge in [-0.15, -0.1) is 10.2 Å². The summed E-state index contributed by atoms with van der Waals surface area (Å²) in [6, 6.07) is 11.8. The average molecular weight is 555 g/mol. The molecule has 0 aliphatic heterocycles. The highest BCUT2D eigenvalue weighted by molar-refractivity contribution is 7.98. The maximum Gasteiger partial charge on any atom is 0.346 e. The molecule has 3 rings (SSSR count). The summed E-state index contributed by atoms with van der Waals surface area (Å²) in [5.74, 6) is 6.76. The van der Waals surface area contributed by atoms with Crippen molar-refractivity contribution in [3.8, 4) is 17.2 Å². The van der Waals surface area contributed by atoms with Gasteiger partial charge in [0.15, 0.2) is 6.10 Å². The van der Waals surface area contributed by atoms with E-state index >= 15 is 0 Å². The molecule has 1 unspecified atom stereocenters. The molecule has 0 aliphatic rings. The van der Waals surface area contributed by atoms with Gasteiger partial charge in [-0.05, 0) is 55.6 Å². The molecule has 0 radical (unpaired) electrons. The number of halogens is 2. The van der Waals surface area contributed by atoms with Crippen molar-refractivity contribution >= 4 is 40.9 Å². The van der Waals surface area contributed by atoms with Crippen molar-refractivity contribution in [1.82, 2.24) is 14.9 Å². The van der Waals surface area contributed by atoms with Crippen LogP contribution in [-0.2, 0) is 14.9 Å². The Labute approximate surface area is 223 Å². The number of benzene rings is 2. The molecule has 1 aromatic heterocycles. The van der Waals surface area contributed by atoms with Crippen LogP contribution in [0.25, 0.3) is 0 Å². The fourth-order valence-electron chi connectivity index (χ4n) is 2.68. The van der Waals surface area contributed by atoms with Crippen LogP contribution in [0.2, 0.25) is 10.0 Å². The van der Waals surface area contributed by atoms with E-state index in [1.807, 2.05) is 20.8 Å². The van der Waals surface area contributed by atoms with Crippen LogP contribution in [0.5, 0.6) is 17.2 Å². The second-order valence-electron chi connectivity index (χ2n) is 8.39. The Hall–Kier alpha value is -2.95. The van der Waals surface area contributed by atoms with Crippen LogP contribution in [0, 0.1) is 0 Å². The Balaban J connectivity index is 0.000000281. The number of nitrogens with zero attached hydrogens (tertiary/aromatic N) is 3. The van der Waals surface area contributed by atoms with Crippen LogP contribution >= 0.6 is 35.0 Å². The third kappa shape index (κ3) is 8.04. The van der Waals surface area contributed by atoms with E-state index in [4.69, 9.17) is 38.5 Å². The molecule has 9 nitrogen and oxygen atoms in total. The lowest BCUT2D eigenvalue weighted by Gasteiger charge is -2.16. The van der Waals surface area contributed by atoms with E-state index in [-0.39, 0.29) is 11.0 Å². The summed E-state index contributed by atoms with van der Waals surface area (Å²) in [6.07, 6.45) is 1.12. The number of carbonyl (C=O) groups excluding carboxylic acids is 1. The number of methoxy groups -OCH3 is 1. The summed E-state index contributed by atoms with van der Waals surface area (Å²) in [4.78, 5) is 23.0. The van der Waals surface area contributed by atoms with Gasteiger partial charge in [0.05, 0.1) is 12.1 Å². The topological polar surface area (TPSA) is 119 Å². The van der Waals surface area contributed by atoms with Crippen LogP contribution in [-0.4, -0.2) is 40.3 Å². The zero-order valence-corrected chi connectivity index (χ0v) is 23.1. The van der Waals surface area contributed by atoms with E-state index < -0.39 is 12.1 Å². The molecular weight excluding hydrogens is 527 g/mol. The molecule has 36 heavy (non-hydrogen) atoms. The molecule has 2 aromatic carbocycles. The summed E-state index contributed by atoms with van der Waals surface area (Å²) >= 11 is 13.2. The molecular formula is C24H28Cl2N4O5S. The first-order valence-electron chi connectivity index (χ1n) is 10.6. The van der Waals surface area contributed by atoms with Crippen molar-refractivity contribution in [2.75, 3.05) is 19.2 Å². The van der Waals surface area contributed by atoms with Crippen LogP contribution in [0.15, 0.2) is 52.4 Å². The molecule has 1 heterocycles. The number of carbonyl (C=O) groups is 1. The second-order valence-corrected chi connectivity index (χ2v) is 10.0. The van der Waals surface area contributed by atoms with Gasteiger partial charge in [-0.1, -0.05) is 55.7 Å². The van der Waals surface area contributed by atoms with Crippen molar-refractivity contribution < 1.29 is 19.0 Å². The van der Waals surface area contributed by atoms with Gasteiger partial charge in [0, 0.05) is 10.4 Å². The normalized spacial score (nSPS) is 11.7. The van der Waals surface area contributed by atoms with Crippen molar-refractivity contribution in [1.29, 1.82) is 0 Å². The Morgan fingerprint density at radius 3 is 2.22 bits per heavy atom. The van der Waals surface area contributed by atoms with Crippen molar-refractivity contribution in [3.63, 3.8) is 0 Å². The third-order valence-electron chi connectivity index (χ3n) is 4.55. The van der Waals surface area contributed by atoms with E-state index in [1.165, 1.54) is 18.9 Å². The summed E-state index contributed by atoms with van der Waals surface area (Å²) in [5.41, 5.74) is -0.225. The predicted molar refractivity (Wildman–Crippen MR) is 142 cm³/mol. The van der Waals surface area contributed by atoms with Gasteiger partial charge in [-0.2, -0.15) is 4.68 Å². The summed E-state index contributed by atoms with van der Waals surface area (Å²) in [7, 11) is 1.31. The monoisotopic (exact) mass is 554 g/mol. The van der Waals surface area contributed by atoms with E-state index in [9.17, 15) is 9.59 Å². The molecule has 1 atom stereocenters. The summed E-state index contributed by atoms with van der Waals surface area (Å²) < 4.78 is 16.7. The summed E-state index contributed by atoms with van der Waals surface area (Å²) in [5, 5.41) is 9.15. The highest BCUT2D eigenvalue weighted by Crippen LogP contribution is 2.32. The minimum absolute atomic E-state index is 0.281. The highest BCUT2D eigenvalue weighted by Gasteiger charge is 2.22. The number of rotatable bonds is 6. The Morgan fingerprint density at radius 2 is 1.69 bits per heavy atom. The molecule has 0 bridgehead atoms. The van der Waals surface area contributed by atoms with Gasteiger partial charge in [0.25, 0.3) is 5.56 Å². The average Bonchev–Trinajstić information content (AvgIpc) is 2.82. The molecule has 0 fully saturated rings. The lowest BCUT2D eigenvalue weighted by atomic mass is 9.93. The van der Waals surface area contributed by atoms with Gasteiger partial charge < -0.3 is 20.1 Å². The first-order valence-corrected chi connectivity index (χ1v) is 12.6. The van der Waals surface area contributed by atoms with E-state index in [0.29, 0.717) is 38.1 Å². The number of esters is 1. The fourth-order valence-corrected chi connectivity index (χ4v) is 3.53. The minimum Gasteiger partial charge on any atom is -0.479 e. The molecule has 194 valence electrons. The molecule has 0 saturated heterocycles. The third-order valence-corrected chi connectivity index (χ3v) is 5.72. The number of ether oxygens (including phenoxy) is 3. The summed E-state index contributed by atoms with van der Waals surface area (Å²) in [6.45, 7) is 7.31. The van der Waals surface area contributed by atoms with Crippen molar-refractivity contribution in [2.45, 2.75) is 44.4 Å². The smallest absolute Gasteiger partial charge is 0.346 e. The van der Waals surface area contributed by atoms with Crippen LogP contribution in [0.4, 0.5) is 0 Å². The second kappa shape index (κ2) is 12.8. The highest BCUT2D eigenvalue weighted by atomic mass is 35.5. The Morgan fingerprint density at radius 1 is 1.08 bits per heavy atom. The number of hydrogen-bond acceptors (Lipinski definition) is 9. The van der Waals surface area contributed by atoms with Crippen LogP contribution in [0.1, 0.15) is 33.4 Å². The maximum absolute atomic E-state index is 11.7. The number of thioether (sulfide) groups is 1. The van der Waals surface area contributed by atoms with Crippen molar-refractivity contribution in [3.05, 3.63) is 68.6 Å². The first-order chi connectivity index (χ1) is 16.9. The predicted octanol–water partition coefficient (Wildman–Crippen LogP) is 5.10. The number of nitrogen functional groups attached to an aromatic ring is 1. The Bertz CT molecular complexity index is 1250. The maximum atomic E-state index is 11.7. The molecule has 0 amide bonds. The SMILES string of the molecule is COC(=O)C(C)Oc1ccc(Oc2ccc(Cl)cc2Cl)cc1.CSc1nnc(C(C)(C)C)c(=O)n1N. The zero-order valence-electron chi connectivity index (χ0n) is 20.7. The molecule has 0 aliphatic carbocycles. The lowest BCUT2D eigenvalue weighted by molar-refractivity contribution is -0.147. The molecule has 0 spiro atoms. The van der Waals surface area contributed by atoms with E-state index in [0.717, 1.165) is 4.68 Å². The fraction of sp³-hybridized carbons (Fsp3) is 0.333. The zero-order chi connectivity index (χ0) is 27.0. The Kier molecular flexibility index (Phi) is 10.4. The molecule has 2 N–H and O–H groups in total. The molecule has 3 aromatic rings. The molecule has 12 heteroatoms. The van der Waals surface area contributed by atoms with E-state index in [1.54, 1.807) is 55.6 Å². The minimum atomic E-state index is -0.678. The van der Waals surface area contributed by atoms with Gasteiger partial charge in [-0.3, -0.25) is 4.79 Å². The van der Waals surface area contributed by atoms with Crippen LogP contribution < -0.4 is 20.9 Å². The first kappa shape index (κ1) is 29.3. The van der Waals surface area contributed by atoms with Crippen molar-refractivity contribution in [2.24, 2.45) is 0 Å². The number of hydrogen-bond donors (Lipinski definition) is 1. The largest absolute Gasteiger partial charge is 0.479 e. The van der Waals surface area contributed by atoms with Crippen LogP contribution in [0.3, 0.4) is 0 Å². The lowest BCUT2D eigenvalue weighted by Crippen LogP contribution is -2.37.